The number of hydrogen-bond donors (Lipinski definition) is 0. The van der Waals surface area contributed by atoms with E-state index in [2.05, 4.69) is 0 Å². The molecule has 3 rings (SSSR count). The summed E-state index contributed by atoms with van der Waals surface area (Å²) in [6.45, 7) is 1.94. The molecular formula is C20H19NO3S. The summed E-state index contributed by atoms with van der Waals surface area (Å²) >= 11 is 1.61. The van der Waals surface area contributed by atoms with Crippen LogP contribution >= 0.6 is 11.8 Å². The number of fused-ring (bicyclic) bond motifs is 1. The highest BCUT2D eigenvalue weighted by Crippen LogP contribution is 2.30. The first kappa shape index (κ1) is 17.3. The quantitative estimate of drug-likeness (QED) is 0.494. The minimum atomic E-state index is -0.350. The van der Waals surface area contributed by atoms with Gasteiger partial charge in [-0.05, 0) is 36.8 Å². The number of carbonyl (C=O) groups is 1. The number of carbonyl (C=O) groups excluding carboxylic acids is 1. The average Bonchev–Trinajstić information content (AvgIpc) is 2.66. The van der Waals surface area contributed by atoms with Gasteiger partial charge >= 0.3 is 5.97 Å². The van der Waals surface area contributed by atoms with E-state index in [4.69, 9.17) is 14.5 Å². The van der Waals surface area contributed by atoms with E-state index >= 15 is 0 Å². The molecule has 0 amide bonds. The van der Waals surface area contributed by atoms with Crippen molar-refractivity contribution < 1.29 is 14.3 Å². The normalized spacial score (nSPS) is 10.7. The Bertz CT molecular complexity index is 924. The van der Waals surface area contributed by atoms with E-state index in [9.17, 15) is 4.79 Å². The fourth-order valence-electron chi connectivity index (χ4n) is 2.76. The Hall–Kier alpha value is -2.53. The number of para-hydroxylation sites is 1. The van der Waals surface area contributed by atoms with Crippen molar-refractivity contribution >= 4 is 28.6 Å². The SMILES string of the molecule is COC(=O)c1c(CSc2cccc(OC)c2)nc2ccccc2c1C. The highest BCUT2D eigenvalue weighted by atomic mass is 32.2. The van der Waals surface area contributed by atoms with Crippen LogP contribution < -0.4 is 4.74 Å². The number of ether oxygens (including phenoxy) is 2. The molecule has 0 unspecified atom stereocenters. The van der Waals surface area contributed by atoms with Crippen LogP contribution in [0.4, 0.5) is 0 Å². The van der Waals surface area contributed by atoms with Gasteiger partial charge in [-0.15, -0.1) is 11.8 Å². The molecular weight excluding hydrogens is 334 g/mol. The first-order chi connectivity index (χ1) is 12.1. The van der Waals surface area contributed by atoms with Gasteiger partial charge in [0, 0.05) is 16.0 Å². The van der Waals surface area contributed by atoms with Crippen LogP contribution in [-0.2, 0) is 10.5 Å². The maximum atomic E-state index is 12.3. The molecule has 0 aliphatic heterocycles. The zero-order valence-corrected chi connectivity index (χ0v) is 15.2. The largest absolute Gasteiger partial charge is 0.497 e. The molecule has 1 heterocycles. The molecule has 0 saturated carbocycles. The topological polar surface area (TPSA) is 48.4 Å². The van der Waals surface area contributed by atoms with Gasteiger partial charge in [-0.3, -0.25) is 4.98 Å². The molecule has 0 N–H and O–H groups in total. The Morgan fingerprint density at radius 1 is 1.12 bits per heavy atom. The van der Waals surface area contributed by atoms with Crippen molar-refractivity contribution in [2.45, 2.75) is 17.6 Å². The van der Waals surface area contributed by atoms with Crippen LogP contribution in [0.2, 0.25) is 0 Å². The lowest BCUT2D eigenvalue weighted by Gasteiger charge is -2.13. The van der Waals surface area contributed by atoms with Crippen molar-refractivity contribution in [3.63, 3.8) is 0 Å². The lowest BCUT2D eigenvalue weighted by molar-refractivity contribution is 0.0598. The van der Waals surface area contributed by atoms with Crippen molar-refractivity contribution in [3.05, 3.63) is 65.4 Å². The van der Waals surface area contributed by atoms with E-state index in [1.54, 1.807) is 18.9 Å². The summed E-state index contributed by atoms with van der Waals surface area (Å²) in [5, 5.41) is 0.970. The Morgan fingerprint density at radius 3 is 2.68 bits per heavy atom. The summed E-state index contributed by atoms with van der Waals surface area (Å²) in [5.41, 5.74) is 3.07. The number of aryl methyl sites for hydroxylation is 1. The van der Waals surface area contributed by atoms with Crippen LogP contribution in [0.5, 0.6) is 5.75 Å². The van der Waals surface area contributed by atoms with Gasteiger partial charge in [0.15, 0.2) is 0 Å². The van der Waals surface area contributed by atoms with E-state index < -0.39 is 0 Å². The number of benzene rings is 2. The number of hydrogen-bond acceptors (Lipinski definition) is 5. The summed E-state index contributed by atoms with van der Waals surface area (Å²) in [7, 11) is 3.04. The van der Waals surface area contributed by atoms with Crippen LogP contribution in [0.3, 0.4) is 0 Å². The number of aromatic nitrogens is 1. The van der Waals surface area contributed by atoms with Gasteiger partial charge < -0.3 is 9.47 Å². The summed E-state index contributed by atoms with van der Waals surface area (Å²) in [6, 6.07) is 15.7. The lowest BCUT2D eigenvalue weighted by Crippen LogP contribution is -2.10. The number of esters is 1. The van der Waals surface area contributed by atoms with E-state index in [1.807, 2.05) is 55.5 Å². The number of methoxy groups -OCH3 is 2. The lowest BCUT2D eigenvalue weighted by atomic mass is 10.0. The van der Waals surface area contributed by atoms with Gasteiger partial charge in [0.05, 0.1) is 31.0 Å². The van der Waals surface area contributed by atoms with E-state index in [0.29, 0.717) is 11.3 Å². The molecule has 2 aromatic carbocycles. The molecule has 3 aromatic rings. The highest BCUT2D eigenvalue weighted by Gasteiger charge is 2.19. The molecule has 0 fully saturated rings. The van der Waals surface area contributed by atoms with Crippen LogP contribution in [-0.4, -0.2) is 25.2 Å². The van der Waals surface area contributed by atoms with E-state index in [-0.39, 0.29) is 5.97 Å². The predicted molar refractivity (Wildman–Crippen MR) is 100 cm³/mol. The van der Waals surface area contributed by atoms with Crippen molar-refractivity contribution in [1.82, 2.24) is 4.98 Å². The molecule has 0 atom stereocenters. The summed E-state index contributed by atoms with van der Waals surface area (Å²) in [6.07, 6.45) is 0. The van der Waals surface area contributed by atoms with Gasteiger partial charge in [-0.2, -0.15) is 0 Å². The molecule has 5 heteroatoms. The zero-order valence-electron chi connectivity index (χ0n) is 14.4. The van der Waals surface area contributed by atoms with E-state index in [1.165, 1.54) is 7.11 Å². The number of nitrogens with zero attached hydrogens (tertiary/aromatic N) is 1. The van der Waals surface area contributed by atoms with Gasteiger partial charge in [0.2, 0.25) is 0 Å². The molecule has 128 valence electrons. The predicted octanol–water partition coefficient (Wildman–Crippen LogP) is 4.63. The average molecular weight is 353 g/mol. The van der Waals surface area contributed by atoms with Crippen molar-refractivity contribution in [1.29, 1.82) is 0 Å². The number of rotatable bonds is 5. The fraction of sp³-hybridized carbons (Fsp3) is 0.200. The third-order valence-electron chi connectivity index (χ3n) is 4.03. The van der Waals surface area contributed by atoms with Crippen LogP contribution in [0.25, 0.3) is 10.9 Å². The summed E-state index contributed by atoms with van der Waals surface area (Å²) in [4.78, 5) is 18.1. The standard InChI is InChI=1S/C20H19NO3S/c1-13-16-9-4-5-10-17(16)21-18(19(13)20(22)24-3)12-25-15-8-6-7-14(11-15)23-2/h4-11H,12H2,1-3H3. The molecule has 0 saturated heterocycles. The van der Waals surface area contributed by atoms with Crippen LogP contribution in [0.15, 0.2) is 53.4 Å². The molecule has 0 aliphatic carbocycles. The van der Waals surface area contributed by atoms with E-state index in [0.717, 1.165) is 32.8 Å². The highest BCUT2D eigenvalue weighted by molar-refractivity contribution is 7.98. The monoisotopic (exact) mass is 353 g/mol. The second kappa shape index (κ2) is 7.57. The van der Waals surface area contributed by atoms with Gasteiger partial charge in [0.25, 0.3) is 0 Å². The maximum Gasteiger partial charge on any atom is 0.340 e. The maximum absolute atomic E-state index is 12.3. The smallest absolute Gasteiger partial charge is 0.340 e. The second-order valence-electron chi connectivity index (χ2n) is 5.53. The molecule has 0 bridgehead atoms. The summed E-state index contributed by atoms with van der Waals surface area (Å²) < 4.78 is 10.2. The zero-order chi connectivity index (χ0) is 17.8. The fourth-order valence-corrected chi connectivity index (χ4v) is 3.65. The van der Waals surface area contributed by atoms with Crippen LogP contribution in [0, 0.1) is 6.92 Å². The number of thioether (sulfide) groups is 1. The molecule has 25 heavy (non-hydrogen) atoms. The van der Waals surface area contributed by atoms with Gasteiger partial charge in [-0.25, -0.2) is 4.79 Å². The first-order valence-corrected chi connectivity index (χ1v) is 8.86. The Morgan fingerprint density at radius 2 is 1.92 bits per heavy atom. The molecule has 1 aromatic heterocycles. The minimum Gasteiger partial charge on any atom is -0.497 e. The Labute approximate surface area is 151 Å². The van der Waals surface area contributed by atoms with Crippen molar-refractivity contribution in [3.8, 4) is 5.75 Å². The van der Waals surface area contributed by atoms with Gasteiger partial charge in [0.1, 0.15) is 5.75 Å². The van der Waals surface area contributed by atoms with Crippen LogP contribution in [0.1, 0.15) is 21.6 Å². The molecule has 0 spiro atoms. The Balaban J connectivity index is 2.00. The second-order valence-corrected chi connectivity index (χ2v) is 6.58. The molecule has 0 aliphatic rings. The molecule has 4 nitrogen and oxygen atoms in total. The third kappa shape index (κ3) is 3.61. The number of pyridine rings is 1. The third-order valence-corrected chi connectivity index (χ3v) is 5.04. The Kier molecular flexibility index (Phi) is 5.24. The first-order valence-electron chi connectivity index (χ1n) is 7.87. The van der Waals surface area contributed by atoms with Crippen molar-refractivity contribution in [2.24, 2.45) is 0 Å². The minimum absolute atomic E-state index is 0.350. The summed E-state index contributed by atoms with van der Waals surface area (Å²) in [5.74, 6) is 1.03. The molecule has 0 radical (unpaired) electrons. The van der Waals surface area contributed by atoms with Gasteiger partial charge in [-0.1, -0.05) is 24.3 Å². The van der Waals surface area contributed by atoms with Crippen molar-refractivity contribution in [2.75, 3.05) is 14.2 Å².